The van der Waals surface area contributed by atoms with Gasteiger partial charge < -0.3 is 10.1 Å². The third kappa shape index (κ3) is 5.64. The quantitative estimate of drug-likeness (QED) is 0.646. The van der Waals surface area contributed by atoms with E-state index in [0.717, 1.165) is 4.90 Å². The standard InChI is InChI=1S/C21H23F3N4O5S/c1-4-34(31,32)16-6-5-15(25-10-16)9-27-19(29)13-7-14-11-28(20(30)33-21(22,23)24)18(12(2)3)17(14)26-8-13/h5-8,10,12,18H,4,9,11H2,1-3H3,(H,27,29)/t18-/m0/s1. The summed E-state index contributed by atoms with van der Waals surface area (Å²) in [6.45, 7) is 4.83. The number of fused-ring (bicyclic) bond motifs is 1. The predicted octanol–water partition coefficient (Wildman–Crippen LogP) is 3.37. The fourth-order valence-corrected chi connectivity index (χ4v) is 4.44. The second-order valence-electron chi connectivity index (χ2n) is 7.97. The van der Waals surface area contributed by atoms with E-state index in [4.69, 9.17) is 0 Å². The molecule has 1 aliphatic heterocycles. The van der Waals surface area contributed by atoms with Crippen molar-refractivity contribution < 1.29 is 35.9 Å². The number of rotatable bonds is 6. The predicted molar refractivity (Wildman–Crippen MR) is 113 cm³/mol. The van der Waals surface area contributed by atoms with Crippen LogP contribution < -0.4 is 5.32 Å². The second-order valence-corrected chi connectivity index (χ2v) is 10.2. The van der Waals surface area contributed by atoms with Crippen LogP contribution in [0.5, 0.6) is 0 Å². The molecule has 2 aromatic rings. The van der Waals surface area contributed by atoms with Crippen LogP contribution in [0.2, 0.25) is 0 Å². The van der Waals surface area contributed by atoms with E-state index < -0.39 is 34.2 Å². The van der Waals surface area contributed by atoms with Crippen molar-refractivity contribution >= 4 is 21.8 Å². The van der Waals surface area contributed by atoms with Crippen molar-refractivity contribution in [2.75, 3.05) is 5.75 Å². The molecule has 0 spiro atoms. The van der Waals surface area contributed by atoms with Crippen LogP contribution in [0.3, 0.4) is 0 Å². The van der Waals surface area contributed by atoms with Crippen LogP contribution in [0, 0.1) is 5.92 Å². The summed E-state index contributed by atoms with van der Waals surface area (Å²) >= 11 is 0. The molecule has 1 aliphatic rings. The van der Waals surface area contributed by atoms with Gasteiger partial charge in [-0.15, -0.1) is 13.2 Å². The van der Waals surface area contributed by atoms with Gasteiger partial charge in [-0.1, -0.05) is 20.8 Å². The minimum atomic E-state index is -5.11. The number of ether oxygens (including phenoxy) is 1. The number of hydrogen-bond acceptors (Lipinski definition) is 7. The molecule has 0 saturated carbocycles. The monoisotopic (exact) mass is 500 g/mol. The number of hydrogen-bond donors (Lipinski definition) is 1. The van der Waals surface area contributed by atoms with Crippen molar-refractivity contribution in [3.63, 3.8) is 0 Å². The molecule has 2 amide bonds. The fraction of sp³-hybridized carbons (Fsp3) is 0.429. The summed E-state index contributed by atoms with van der Waals surface area (Å²) in [5, 5.41) is 2.63. The van der Waals surface area contributed by atoms with E-state index >= 15 is 0 Å². The maximum absolute atomic E-state index is 12.6. The van der Waals surface area contributed by atoms with Crippen LogP contribution in [0.25, 0.3) is 0 Å². The smallest absolute Gasteiger partial charge is 0.356 e. The molecule has 2 aromatic heterocycles. The molecule has 184 valence electrons. The second kappa shape index (κ2) is 9.57. The molecule has 0 radical (unpaired) electrons. The van der Waals surface area contributed by atoms with E-state index in [-0.39, 0.29) is 35.2 Å². The van der Waals surface area contributed by atoms with Crippen LogP contribution >= 0.6 is 0 Å². The number of carbonyl (C=O) groups excluding carboxylic acids is 2. The van der Waals surface area contributed by atoms with Crippen LogP contribution in [-0.2, 0) is 27.7 Å². The average Bonchev–Trinajstić information content (AvgIpc) is 3.16. The Morgan fingerprint density at radius 2 is 1.94 bits per heavy atom. The fourth-order valence-electron chi connectivity index (χ4n) is 3.62. The largest absolute Gasteiger partial charge is 0.576 e. The molecule has 0 bridgehead atoms. The Morgan fingerprint density at radius 1 is 1.24 bits per heavy atom. The van der Waals surface area contributed by atoms with Crippen LogP contribution in [-0.4, -0.2) is 47.4 Å². The zero-order valence-electron chi connectivity index (χ0n) is 18.6. The Kier molecular flexibility index (Phi) is 7.15. The van der Waals surface area contributed by atoms with Gasteiger partial charge in [0.05, 0.1) is 46.7 Å². The molecule has 0 fully saturated rings. The Hall–Kier alpha value is -3.22. The van der Waals surface area contributed by atoms with Crippen LogP contribution in [0.15, 0.2) is 35.5 Å². The zero-order chi connectivity index (χ0) is 25.3. The van der Waals surface area contributed by atoms with Crippen LogP contribution in [0.4, 0.5) is 18.0 Å². The summed E-state index contributed by atoms with van der Waals surface area (Å²) in [4.78, 5) is 33.9. The van der Waals surface area contributed by atoms with E-state index in [2.05, 4.69) is 20.0 Å². The maximum atomic E-state index is 12.6. The van der Waals surface area contributed by atoms with E-state index in [1.54, 1.807) is 13.8 Å². The molecule has 3 rings (SSSR count). The third-order valence-electron chi connectivity index (χ3n) is 5.26. The summed E-state index contributed by atoms with van der Waals surface area (Å²) in [7, 11) is -3.38. The molecule has 9 nitrogen and oxygen atoms in total. The van der Waals surface area contributed by atoms with Crippen molar-refractivity contribution in [1.82, 2.24) is 20.2 Å². The van der Waals surface area contributed by atoms with E-state index in [1.807, 2.05) is 0 Å². The van der Waals surface area contributed by atoms with Crippen molar-refractivity contribution in [3.05, 3.63) is 53.1 Å². The lowest BCUT2D eigenvalue weighted by atomic mass is 9.99. The first-order valence-electron chi connectivity index (χ1n) is 10.3. The lowest BCUT2D eigenvalue weighted by molar-refractivity contribution is -0.295. The Labute approximate surface area is 194 Å². The number of pyridine rings is 2. The topological polar surface area (TPSA) is 119 Å². The number of carbonyl (C=O) groups is 2. The van der Waals surface area contributed by atoms with Gasteiger partial charge in [-0.2, -0.15) is 0 Å². The van der Waals surface area contributed by atoms with Gasteiger partial charge in [0.1, 0.15) is 0 Å². The molecule has 0 saturated heterocycles. The molecule has 34 heavy (non-hydrogen) atoms. The van der Waals surface area contributed by atoms with Crippen molar-refractivity contribution in [2.45, 2.75) is 51.2 Å². The molecular formula is C21H23F3N4O5S. The normalized spacial score (nSPS) is 15.9. The molecule has 1 atom stereocenters. The van der Waals surface area contributed by atoms with Crippen molar-refractivity contribution in [2.24, 2.45) is 5.92 Å². The first kappa shape index (κ1) is 25.4. The minimum absolute atomic E-state index is 0.0149. The number of nitrogens with zero attached hydrogens (tertiary/aromatic N) is 3. The summed E-state index contributed by atoms with van der Waals surface area (Å²) in [6.07, 6.45) is -4.14. The highest BCUT2D eigenvalue weighted by atomic mass is 32.2. The van der Waals surface area contributed by atoms with Gasteiger partial charge in [0.25, 0.3) is 5.91 Å². The zero-order valence-corrected chi connectivity index (χ0v) is 19.4. The lowest BCUT2D eigenvalue weighted by Gasteiger charge is -2.27. The summed E-state index contributed by atoms with van der Waals surface area (Å²) in [5.41, 5.74) is 1.42. The molecule has 0 aromatic carbocycles. The first-order valence-corrected chi connectivity index (χ1v) is 12.0. The number of alkyl halides is 3. The van der Waals surface area contributed by atoms with Gasteiger partial charge in [0.2, 0.25) is 0 Å². The number of halogens is 3. The maximum Gasteiger partial charge on any atom is 0.576 e. The SMILES string of the molecule is CCS(=O)(=O)c1ccc(CNC(=O)c2cnc3c(c2)CN(C(=O)OC(F)(F)F)[C@H]3C(C)C)nc1. The summed E-state index contributed by atoms with van der Waals surface area (Å²) in [5.74, 6) is -0.821. The Morgan fingerprint density at radius 3 is 2.50 bits per heavy atom. The molecule has 13 heteroatoms. The van der Waals surface area contributed by atoms with Crippen LogP contribution in [0.1, 0.15) is 54.1 Å². The molecule has 0 unspecified atom stereocenters. The van der Waals surface area contributed by atoms with Gasteiger partial charge in [-0.05, 0) is 29.7 Å². The van der Waals surface area contributed by atoms with Gasteiger partial charge in [0, 0.05) is 12.4 Å². The van der Waals surface area contributed by atoms with Crippen molar-refractivity contribution in [3.8, 4) is 0 Å². The Bertz CT molecular complexity index is 1180. The lowest BCUT2D eigenvalue weighted by Crippen LogP contribution is -2.36. The summed E-state index contributed by atoms with van der Waals surface area (Å²) in [6, 6.07) is 3.63. The summed E-state index contributed by atoms with van der Waals surface area (Å²) < 4.78 is 64.9. The minimum Gasteiger partial charge on any atom is -0.356 e. The first-order chi connectivity index (χ1) is 15.8. The van der Waals surface area contributed by atoms with E-state index in [9.17, 15) is 31.2 Å². The molecule has 0 aliphatic carbocycles. The van der Waals surface area contributed by atoms with E-state index in [1.165, 1.54) is 37.5 Å². The number of sulfone groups is 1. The highest BCUT2D eigenvalue weighted by Crippen LogP contribution is 2.38. The molecular weight excluding hydrogens is 477 g/mol. The third-order valence-corrected chi connectivity index (χ3v) is 6.98. The molecule has 3 heterocycles. The number of aromatic nitrogens is 2. The van der Waals surface area contributed by atoms with E-state index in [0.29, 0.717) is 17.0 Å². The van der Waals surface area contributed by atoms with Gasteiger partial charge in [-0.3, -0.25) is 19.7 Å². The Balaban J connectivity index is 1.72. The molecule has 1 N–H and O–H groups in total. The van der Waals surface area contributed by atoms with Gasteiger partial charge in [-0.25, -0.2) is 13.2 Å². The number of nitrogens with one attached hydrogen (secondary N) is 1. The highest BCUT2D eigenvalue weighted by molar-refractivity contribution is 7.91. The average molecular weight is 500 g/mol. The van der Waals surface area contributed by atoms with Crippen molar-refractivity contribution in [1.29, 1.82) is 0 Å². The highest BCUT2D eigenvalue weighted by Gasteiger charge is 2.43. The van der Waals surface area contributed by atoms with Gasteiger partial charge in [0.15, 0.2) is 9.84 Å². The van der Waals surface area contributed by atoms with Gasteiger partial charge >= 0.3 is 12.5 Å². The number of amides is 2.